The number of aryl methyl sites for hydroxylation is 1. The van der Waals surface area contributed by atoms with Crippen LogP contribution < -0.4 is 9.64 Å². The molecule has 1 aliphatic carbocycles. The van der Waals surface area contributed by atoms with Gasteiger partial charge in [-0.3, -0.25) is 19.4 Å². The van der Waals surface area contributed by atoms with Gasteiger partial charge in [-0.2, -0.15) is 5.10 Å². The van der Waals surface area contributed by atoms with Crippen LogP contribution >= 0.6 is 0 Å². The zero-order chi connectivity index (χ0) is 30.5. The quantitative estimate of drug-likeness (QED) is 0.171. The lowest BCUT2D eigenvalue weighted by Crippen LogP contribution is -2.36. The zero-order valence-corrected chi connectivity index (χ0v) is 25.7. The van der Waals surface area contributed by atoms with Gasteiger partial charge in [0.1, 0.15) is 12.4 Å². The summed E-state index contributed by atoms with van der Waals surface area (Å²) in [6.45, 7) is 7.75. The Labute approximate surface area is 259 Å². The summed E-state index contributed by atoms with van der Waals surface area (Å²) in [7, 11) is 0. The Bertz CT molecular complexity index is 1690. The normalized spacial score (nSPS) is 14.3. The van der Waals surface area contributed by atoms with Gasteiger partial charge in [-0.15, -0.1) is 0 Å². The van der Waals surface area contributed by atoms with E-state index >= 15 is 0 Å². The van der Waals surface area contributed by atoms with Gasteiger partial charge in [0.05, 0.1) is 42.8 Å². The molecule has 0 bridgehead atoms. The number of carbonyl (C=O) groups is 1. The summed E-state index contributed by atoms with van der Waals surface area (Å²) < 4.78 is 8.18. The number of fused-ring (bicyclic) bond motifs is 1. The van der Waals surface area contributed by atoms with E-state index in [9.17, 15) is 4.79 Å². The molecule has 6 rings (SSSR count). The first-order valence-corrected chi connectivity index (χ1v) is 15.4. The van der Waals surface area contributed by atoms with E-state index in [2.05, 4.69) is 48.2 Å². The van der Waals surface area contributed by atoms with Crippen molar-refractivity contribution in [3.8, 4) is 5.75 Å². The van der Waals surface area contributed by atoms with Crippen molar-refractivity contribution in [3.05, 3.63) is 137 Å². The molecule has 2 aromatic carbocycles. The molecule has 7 heteroatoms. The predicted octanol–water partition coefficient (Wildman–Crippen LogP) is 7.39. The van der Waals surface area contributed by atoms with Gasteiger partial charge in [0.25, 0.3) is 0 Å². The molecular formula is C37H39N5O2. The fourth-order valence-corrected chi connectivity index (χ4v) is 5.84. The number of pyridine rings is 2. The van der Waals surface area contributed by atoms with Crippen molar-refractivity contribution >= 4 is 11.6 Å². The van der Waals surface area contributed by atoms with Crippen molar-refractivity contribution in [2.24, 2.45) is 0 Å². The standard InChI is InChI=1S/C37H39N5O2/c1-26(2)35-18-17-31(21-39-35)42(23-29-20-40-41(22-29)24-30-16-15-27(3)19-38-30)37(43)34-13-7-12-33-32(34)11-8-14-36(33)44-25-28-9-5-4-6-10-28/h4-6,8-11,14-22,26,34H,7,12-13,23-25H2,1-3H3. The summed E-state index contributed by atoms with van der Waals surface area (Å²) >= 11 is 0. The molecule has 3 aromatic heterocycles. The number of amides is 1. The second kappa shape index (κ2) is 13.2. The van der Waals surface area contributed by atoms with Gasteiger partial charge in [-0.1, -0.05) is 62.4 Å². The van der Waals surface area contributed by atoms with E-state index in [-0.39, 0.29) is 11.8 Å². The summed E-state index contributed by atoms with van der Waals surface area (Å²) in [5, 5.41) is 4.59. The minimum atomic E-state index is -0.268. The fourth-order valence-electron chi connectivity index (χ4n) is 5.84. The van der Waals surface area contributed by atoms with Gasteiger partial charge in [0.2, 0.25) is 5.91 Å². The zero-order valence-electron chi connectivity index (χ0n) is 25.7. The maximum atomic E-state index is 14.5. The molecule has 0 spiro atoms. The fraction of sp³-hybridized carbons (Fsp3) is 0.297. The minimum absolute atomic E-state index is 0.0678. The molecule has 44 heavy (non-hydrogen) atoms. The van der Waals surface area contributed by atoms with Crippen molar-refractivity contribution in [2.45, 2.75) is 71.6 Å². The molecule has 0 fully saturated rings. The van der Waals surface area contributed by atoms with Gasteiger partial charge >= 0.3 is 0 Å². The molecule has 3 heterocycles. The molecule has 5 aromatic rings. The first kappa shape index (κ1) is 29.3. The van der Waals surface area contributed by atoms with Gasteiger partial charge in [-0.05, 0) is 78.6 Å². The number of anilines is 1. The Balaban J connectivity index is 1.27. The van der Waals surface area contributed by atoms with Crippen molar-refractivity contribution in [2.75, 3.05) is 4.90 Å². The van der Waals surface area contributed by atoms with E-state index in [1.165, 1.54) is 0 Å². The van der Waals surface area contributed by atoms with Gasteiger partial charge < -0.3 is 9.64 Å². The topological polar surface area (TPSA) is 73.1 Å². The maximum Gasteiger partial charge on any atom is 0.234 e. The van der Waals surface area contributed by atoms with Crippen molar-refractivity contribution < 1.29 is 9.53 Å². The number of nitrogens with zero attached hydrogens (tertiary/aromatic N) is 5. The third kappa shape index (κ3) is 6.72. The Morgan fingerprint density at radius 3 is 2.57 bits per heavy atom. The van der Waals surface area contributed by atoms with Crippen LogP contribution in [0, 0.1) is 6.92 Å². The highest BCUT2D eigenvalue weighted by Crippen LogP contribution is 2.39. The highest BCUT2D eigenvalue weighted by Gasteiger charge is 2.32. The van der Waals surface area contributed by atoms with E-state index in [0.29, 0.717) is 25.6 Å². The first-order valence-electron chi connectivity index (χ1n) is 15.4. The first-order chi connectivity index (χ1) is 21.4. The van der Waals surface area contributed by atoms with Crippen LogP contribution in [0.5, 0.6) is 5.75 Å². The van der Waals surface area contributed by atoms with Crippen LogP contribution in [0.3, 0.4) is 0 Å². The smallest absolute Gasteiger partial charge is 0.234 e. The van der Waals surface area contributed by atoms with Crippen LogP contribution in [-0.4, -0.2) is 25.7 Å². The molecule has 1 aliphatic rings. The van der Waals surface area contributed by atoms with E-state index in [1.54, 1.807) is 0 Å². The van der Waals surface area contributed by atoms with Crippen LogP contribution in [0.25, 0.3) is 0 Å². The van der Waals surface area contributed by atoms with Gasteiger partial charge in [-0.25, -0.2) is 0 Å². The lowest BCUT2D eigenvalue weighted by Gasteiger charge is -2.31. The Morgan fingerprint density at radius 1 is 0.955 bits per heavy atom. The number of hydrogen-bond donors (Lipinski definition) is 0. The van der Waals surface area contributed by atoms with Crippen LogP contribution in [0.1, 0.15) is 77.7 Å². The SMILES string of the molecule is Cc1ccc(Cn2cc(CN(C(=O)C3CCCc4c(OCc5ccccc5)cccc43)c3ccc(C(C)C)nc3)cn2)nc1. The molecule has 7 nitrogen and oxygen atoms in total. The number of benzene rings is 2. The molecule has 0 saturated carbocycles. The highest BCUT2D eigenvalue weighted by atomic mass is 16.5. The molecule has 0 N–H and O–H groups in total. The number of hydrogen-bond acceptors (Lipinski definition) is 5. The van der Waals surface area contributed by atoms with Crippen LogP contribution in [-0.2, 0) is 30.9 Å². The van der Waals surface area contributed by atoms with Crippen molar-refractivity contribution in [1.82, 2.24) is 19.7 Å². The van der Waals surface area contributed by atoms with E-state index in [4.69, 9.17) is 9.72 Å². The number of aromatic nitrogens is 4. The predicted molar refractivity (Wildman–Crippen MR) is 173 cm³/mol. The lowest BCUT2D eigenvalue weighted by atomic mass is 9.81. The summed E-state index contributed by atoms with van der Waals surface area (Å²) in [5.41, 5.74) is 8.13. The second-order valence-corrected chi connectivity index (χ2v) is 11.9. The number of rotatable bonds is 10. The highest BCUT2D eigenvalue weighted by molar-refractivity contribution is 5.98. The molecule has 0 aliphatic heterocycles. The molecule has 1 amide bonds. The monoisotopic (exact) mass is 585 g/mol. The van der Waals surface area contributed by atoms with E-state index < -0.39 is 0 Å². The second-order valence-electron chi connectivity index (χ2n) is 11.9. The summed E-state index contributed by atoms with van der Waals surface area (Å²) in [6, 6.07) is 24.4. The lowest BCUT2D eigenvalue weighted by molar-refractivity contribution is -0.120. The average Bonchev–Trinajstić information content (AvgIpc) is 3.50. The third-order valence-electron chi connectivity index (χ3n) is 8.26. The van der Waals surface area contributed by atoms with Crippen LogP contribution in [0.15, 0.2) is 97.6 Å². The Hall–Kier alpha value is -4.78. The van der Waals surface area contributed by atoms with Crippen molar-refractivity contribution in [1.29, 1.82) is 0 Å². The molecule has 0 saturated heterocycles. The average molecular weight is 586 g/mol. The van der Waals surface area contributed by atoms with E-state index in [1.807, 2.05) is 89.8 Å². The Morgan fingerprint density at radius 2 is 1.82 bits per heavy atom. The van der Waals surface area contributed by atoms with E-state index in [0.717, 1.165) is 69.9 Å². The third-order valence-corrected chi connectivity index (χ3v) is 8.26. The molecule has 224 valence electrons. The van der Waals surface area contributed by atoms with Crippen LogP contribution in [0.2, 0.25) is 0 Å². The summed E-state index contributed by atoms with van der Waals surface area (Å²) in [4.78, 5) is 25.6. The van der Waals surface area contributed by atoms with Gasteiger partial charge in [0.15, 0.2) is 0 Å². The minimum Gasteiger partial charge on any atom is -0.489 e. The molecule has 1 atom stereocenters. The van der Waals surface area contributed by atoms with Gasteiger partial charge in [0, 0.05) is 23.7 Å². The summed E-state index contributed by atoms with van der Waals surface area (Å²) in [5.74, 6) is 0.972. The van der Waals surface area contributed by atoms with Crippen LogP contribution in [0.4, 0.5) is 5.69 Å². The molecular weight excluding hydrogens is 546 g/mol. The maximum absolute atomic E-state index is 14.5. The largest absolute Gasteiger partial charge is 0.489 e. The number of ether oxygens (including phenoxy) is 1. The van der Waals surface area contributed by atoms with Crippen molar-refractivity contribution in [3.63, 3.8) is 0 Å². The molecule has 1 unspecified atom stereocenters. The number of carbonyl (C=O) groups excluding carboxylic acids is 1. The summed E-state index contributed by atoms with van der Waals surface area (Å²) in [6.07, 6.45) is 10.2. The molecule has 0 radical (unpaired) electrons. The Kier molecular flexibility index (Phi) is 8.82.